The van der Waals surface area contributed by atoms with Crippen molar-refractivity contribution >= 4 is 21.0 Å². The first-order chi connectivity index (χ1) is 8.13. The first-order valence-corrected chi connectivity index (χ1v) is 13.4. The molecule has 0 saturated heterocycles. The van der Waals surface area contributed by atoms with Gasteiger partial charge in [-0.25, -0.2) is 24.3 Å². The zero-order valence-electron chi connectivity index (χ0n) is 12.8. The molecule has 0 spiro atoms. The van der Waals surface area contributed by atoms with E-state index in [-0.39, 0.29) is 40.6 Å². The number of allylic oxidation sites excluding steroid dienone is 8. The molecule has 0 heterocycles. The molecule has 18 heavy (non-hydrogen) atoms. The fraction of sp³-hybridized carbons (Fsp3) is 0.400. The molecule has 0 N–H and O–H groups in total. The van der Waals surface area contributed by atoms with Crippen LogP contribution in [-0.4, -0.2) is 8.64 Å². The summed E-state index contributed by atoms with van der Waals surface area (Å²) >= 11 is 0.0574. The van der Waals surface area contributed by atoms with Crippen molar-refractivity contribution in [2.45, 2.75) is 39.8 Å². The van der Waals surface area contributed by atoms with E-state index in [1.54, 1.807) is 3.21 Å². The van der Waals surface area contributed by atoms with Gasteiger partial charge < -0.3 is 1.43 Å². The fourth-order valence-electron chi connectivity index (χ4n) is 1.18. The minimum Gasteiger partial charge on any atom is -1.00 e. The van der Waals surface area contributed by atoms with E-state index in [1.807, 2.05) is 24.3 Å². The number of halogens is 1. The van der Waals surface area contributed by atoms with Gasteiger partial charge >= 0.3 is 56.9 Å². The maximum atomic E-state index is 2.99. The predicted octanol–water partition coefficient (Wildman–Crippen LogP) is 4.68. The van der Waals surface area contributed by atoms with E-state index in [9.17, 15) is 0 Å². The average molecular weight is 359 g/mol. The van der Waals surface area contributed by atoms with E-state index in [1.165, 1.54) is 0 Å². The number of hydrogen-bond donors (Lipinski definition) is 0. The first-order valence-electron chi connectivity index (χ1n) is 5.93. The largest absolute Gasteiger partial charge is 1.00 e. The molecule has 0 aromatic carbocycles. The molecule has 0 bridgehead atoms. The number of rotatable bonds is 0. The van der Waals surface area contributed by atoms with Crippen molar-refractivity contribution in [1.82, 2.24) is 0 Å². The summed E-state index contributed by atoms with van der Waals surface area (Å²) < 4.78 is 1.75. The van der Waals surface area contributed by atoms with E-state index in [2.05, 4.69) is 51.2 Å². The second-order valence-electron chi connectivity index (χ2n) is 4.13. The summed E-state index contributed by atoms with van der Waals surface area (Å²) in [4.78, 5) is 0. The average Bonchev–Trinajstić information content (AvgIpc) is 2.96. The summed E-state index contributed by atoms with van der Waals surface area (Å²) in [5.41, 5.74) is 0.199. The molecule has 0 amide bonds. The van der Waals surface area contributed by atoms with Crippen LogP contribution in [0.3, 0.4) is 0 Å². The van der Waals surface area contributed by atoms with Crippen molar-refractivity contribution in [2.75, 3.05) is 0 Å². The zero-order valence-corrected chi connectivity index (χ0v) is 16.1. The van der Waals surface area contributed by atoms with Gasteiger partial charge in [-0.1, -0.05) is 0 Å². The van der Waals surface area contributed by atoms with E-state index in [4.69, 9.17) is 0 Å². The zero-order chi connectivity index (χ0) is 12.9. The molecule has 0 radical (unpaired) electrons. The van der Waals surface area contributed by atoms with Gasteiger partial charge in [0, 0.05) is 0 Å². The van der Waals surface area contributed by atoms with Crippen LogP contribution in [0, 0.1) is 12.2 Å². The molecule has 0 unspecified atom stereocenters. The van der Waals surface area contributed by atoms with Crippen LogP contribution in [0.2, 0.25) is 13.1 Å². The monoisotopic (exact) mass is 357 g/mol. The minimum absolute atomic E-state index is 0. The summed E-state index contributed by atoms with van der Waals surface area (Å²) in [6, 6.07) is 0. The normalized spacial score (nSPS) is 12.7. The Morgan fingerprint density at radius 3 is 1.56 bits per heavy atom. The Bertz CT molecular complexity index is 327. The maximum Gasteiger partial charge on any atom is -0.109 e. The molecule has 0 nitrogen and oxygen atoms in total. The molecule has 0 atom stereocenters. The van der Waals surface area contributed by atoms with E-state index in [0.29, 0.717) is 0 Å². The van der Waals surface area contributed by atoms with Gasteiger partial charge in [-0.3, -0.25) is 12.2 Å². The van der Waals surface area contributed by atoms with Gasteiger partial charge in [0.2, 0.25) is 0 Å². The topological polar surface area (TPSA) is 0 Å². The standard InChI is InChI=1S/2C5H5.C3H6.C2H6Si.ClH.Zr.H/c2*1-2-4-5-3-1;2*1-3-2;;;/h2*1-3H,4H2;2*1-2H3;1H;;/q2*-1;;;;;-1. The van der Waals surface area contributed by atoms with Gasteiger partial charge in [0.1, 0.15) is 0 Å². The van der Waals surface area contributed by atoms with Gasteiger partial charge in [0.25, 0.3) is 0 Å². The van der Waals surface area contributed by atoms with Crippen LogP contribution in [0.5, 0.6) is 0 Å². The van der Waals surface area contributed by atoms with Crippen molar-refractivity contribution in [3.05, 3.63) is 48.6 Å². The Balaban J connectivity index is -0.000000194. The Hall–Kier alpha value is 0.220. The van der Waals surface area contributed by atoms with Gasteiger partial charge in [0.15, 0.2) is 0 Å². The molecule has 0 aromatic heterocycles. The molecule has 2 aliphatic rings. The van der Waals surface area contributed by atoms with Crippen molar-refractivity contribution in [3.8, 4) is 0 Å². The number of hydrogen-bond acceptors (Lipinski definition) is 0. The second kappa shape index (κ2) is 15.3. The smallest absolute Gasteiger partial charge is 0.109 e. The first kappa shape index (κ1) is 20.5. The van der Waals surface area contributed by atoms with Gasteiger partial charge in [-0.05, 0) is 0 Å². The van der Waals surface area contributed by atoms with Crippen LogP contribution in [0.25, 0.3) is 0 Å². The second-order valence-corrected chi connectivity index (χ2v) is 18.1. The van der Waals surface area contributed by atoms with Crippen molar-refractivity contribution in [1.29, 1.82) is 0 Å². The van der Waals surface area contributed by atoms with Crippen LogP contribution in [0.4, 0.5) is 0 Å². The predicted molar refractivity (Wildman–Crippen MR) is 85.3 cm³/mol. The van der Waals surface area contributed by atoms with Crippen LogP contribution >= 0.6 is 12.4 Å². The third-order valence-electron chi connectivity index (χ3n) is 1.67. The van der Waals surface area contributed by atoms with E-state index < -0.39 is 0 Å². The van der Waals surface area contributed by atoms with Crippen molar-refractivity contribution in [3.63, 3.8) is 0 Å². The summed E-state index contributed by atoms with van der Waals surface area (Å²) in [6.07, 6.45) is 20.0. The van der Waals surface area contributed by atoms with Crippen LogP contribution in [0.1, 0.15) is 28.1 Å². The molecule has 0 aliphatic heterocycles. The van der Waals surface area contributed by atoms with Gasteiger partial charge in [-0.15, -0.1) is 25.2 Å². The molecular formula is C15H24ClSiZr-3. The van der Waals surface area contributed by atoms with Crippen LogP contribution < -0.4 is 0 Å². The van der Waals surface area contributed by atoms with E-state index >= 15 is 0 Å². The molecule has 0 saturated carbocycles. The summed E-state index contributed by atoms with van der Waals surface area (Å²) in [5.74, 6) is 0. The Kier molecular flexibility index (Phi) is 17.4. The molecule has 102 valence electrons. The maximum absolute atomic E-state index is 2.99. The summed E-state index contributed by atoms with van der Waals surface area (Å²) in [7, 11) is 0. The van der Waals surface area contributed by atoms with Gasteiger partial charge in [0.05, 0.1) is 0 Å². The van der Waals surface area contributed by atoms with Gasteiger partial charge in [-0.2, -0.15) is 12.2 Å². The third kappa shape index (κ3) is 18.6. The van der Waals surface area contributed by atoms with Crippen LogP contribution in [0.15, 0.2) is 36.5 Å². The summed E-state index contributed by atoms with van der Waals surface area (Å²) in [6.45, 7) is 9.40. The Morgan fingerprint density at radius 1 is 1.06 bits per heavy atom. The molecule has 0 fully saturated rings. The fourth-order valence-corrected chi connectivity index (χ4v) is 9.55. The molecule has 3 heteroatoms. The Morgan fingerprint density at radius 2 is 1.50 bits per heavy atom. The SMILES string of the molecule is C[C](C)=[Zr]=[Si](C)C.Cl.[C-]1=CC=CC1.[C-]1=CC=CC1.[H-]. The Labute approximate surface area is 131 Å². The molecule has 2 rings (SSSR count). The molecule has 2 aliphatic carbocycles. The summed E-state index contributed by atoms with van der Waals surface area (Å²) in [5, 5.41) is 0. The molecular weight excluding hydrogens is 335 g/mol. The third-order valence-corrected chi connectivity index (χ3v) is 10.0. The van der Waals surface area contributed by atoms with Crippen molar-refractivity contribution < 1.29 is 22.8 Å². The minimum atomic E-state index is 0. The molecule has 0 aromatic rings. The van der Waals surface area contributed by atoms with E-state index in [0.717, 1.165) is 12.8 Å². The van der Waals surface area contributed by atoms with Crippen molar-refractivity contribution in [2.24, 2.45) is 0 Å². The van der Waals surface area contributed by atoms with Crippen LogP contribution in [-0.2, 0) is 21.4 Å². The quantitative estimate of drug-likeness (QED) is 0.435.